The molecule has 7 heteroatoms. The van der Waals surface area contributed by atoms with Gasteiger partial charge in [0, 0.05) is 19.0 Å². The average Bonchev–Trinajstić information content (AvgIpc) is 3.61. The molecular formula is C26H30N2O5. The maximum Gasteiger partial charge on any atom is 0.407 e. The molecule has 2 atom stereocenters. The van der Waals surface area contributed by atoms with E-state index in [-0.39, 0.29) is 30.9 Å². The largest absolute Gasteiger partial charge is 0.481 e. The quantitative estimate of drug-likeness (QED) is 0.605. The zero-order chi connectivity index (χ0) is 23.5. The predicted molar refractivity (Wildman–Crippen MR) is 124 cm³/mol. The van der Waals surface area contributed by atoms with Crippen molar-refractivity contribution in [2.24, 2.45) is 11.8 Å². The molecule has 2 amide bonds. The van der Waals surface area contributed by atoms with E-state index in [4.69, 9.17) is 4.74 Å². The molecule has 2 aromatic rings. The van der Waals surface area contributed by atoms with Crippen molar-refractivity contribution in [1.29, 1.82) is 0 Å². The summed E-state index contributed by atoms with van der Waals surface area (Å²) in [6, 6.07) is 15.5. The SMILES string of the molecule is CCN(CC(C)C(=O)O)C(=O)C(NC(=O)OCC1c2ccccc2-c2ccccc21)C1CC1. The summed E-state index contributed by atoms with van der Waals surface area (Å²) in [6.07, 6.45) is 1.09. The van der Waals surface area contributed by atoms with Crippen molar-refractivity contribution in [2.75, 3.05) is 19.7 Å². The highest BCUT2D eigenvalue weighted by Gasteiger charge is 2.40. The number of carbonyl (C=O) groups excluding carboxylic acids is 2. The first kappa shape index (κ1) is 22.8. The summed E-state index contributed by atoms with van der Waals surface area (Å²) in [4.78, 5) is 38.5. The highest BCUT2D eigenvalue weighted by molar-refractivity contribution is 5.87. The Bertz CT molecular complexity index is 1000. The van der Waals surface area contributed by atoms with Crippen LogP contribution in [0.5, 0.6) is 0 Å². The molecule has 0 spiro atoms. The number of fused-ring (bicyclic) bond motifs is 3. The molecule has 1 saturated carbocycles. The van der Waals surface area contributed by atoms with Crippen LogP contribution in [0.3, 0.4) is 0 Å². The van der Waals surface area contributed by atoms with E-state index in [0.717, 1.165) is 35.1 Å². The maximum atomic E-state index is 13.1. The van der Waals surface area contributed by atoms with Crippen LogP contribution in [0.4, 0.5) is 4.79 Å². The van der Waals surface area contributed by atoms with Gasteiger partial charge in [-0.2, -0.15) is 0 Å². The first-order valence-corrected chi connectivity index (χ1v) is 11.5. The molecule has 0 bridgehead atoms. The second-order valence-electron chi connectivity index (χ2n) is 8.90. The minimum Gasteiger partial charge on any atom is -0.481 e. The van der Waals surface area contributed by atoms with Gasteiger partial charge in [0.15, 0.2) is 0 Å². The highest BCUT2D eigenvalue weighted by Crippen LogP contribution is 2.44. The van der Waals surface area contributed by atoms with Gasteiger partial charge in [0.05, 0.1) is 5.92 Å². The van der Waals surface area contributed by atoms with Crippen LogP contribution >= 0.6 is 0 Å². The van der Waals surface area contributed by atoms with Gasteiger partial charge in [0.25, 0.3) is 0 Å². The lowest BCUT2D eigenvalue weighted by Crippen LogP contribution is -2.51. The Kier molecular flexibility index (Phi) is 6.67. The minimum atomic E-state index is -0.950. The highest BCUT2D eigenvalue weighted by atomic mass is 16.5. The third-order valence-electron chi connectivity index (χ3n) is 6.59. The fourth-order valence-electron chi connectivity index (χ4n) is 4.56. The van der Waals surface area contributed by atoms with Gasteiger partial charge < -0.3 is 20.1 Å². The Morgan fingerprint density at radius 3 is 2.15 bits per heavy atom. The van der Waals surface area contributed by atoms with Crippen LogP contribution in [-0.2, 0) is 14.3 Å². The van der Waals surface area contributed by atoms with Crippen molar-refractivity contribution in [3.63, 3.8) is 0 Å². The van der Waals surface area contributed by atoms with Crippen LogP contribution in [0, 0.1) is 11.8 Å². The number of amides is 2. The summed E-state index contributed by atoms with van der Waals surface area (Å²) in [5.74, 6) is -1.87. The molecular weight excluding hydrogens is 420 g/mol. The Morgan fingerprint density at radius 2 is 1.64 bits per heavy atom. The fraction of sp³-hybridized carbons (Fsp3) is 0.423. The van der Waals surface area contributed by atoms with Crippen LogP contribution in [0.25, 0.3) is 11.1 Å². The molecule has 1 fully saturated rings. The maximum absolute atomic E-state index is 13.1. The van der Waals surface area contributed by atoms with Crippen LogP contribution in [0.2, 0.25) is 0 Å². The molecule has 2 aromatic carbocycles. The third-order valence-corrected chi connectivity index (χ3v) is 6.59. The molecule has 2 unspecified atom stereocenters. The number of likely N-dealkylation sites (N-methyl/N-ethyl adjacent to an activating group) is 1. The van der Waals surface area contributed by atoms with Crippen molar-refractivity contribution in [2.45, 2.75) is 38.6 Å². The van der Waals surface area contributed by atoms with Gasteiger partial charge in [-0.1, -0.05) is 55.5 Å². The van der Waals surface area contributed by atoms with Crippen molar-refractivity contribution in [1.82, 2.24) is 10.2 Å². The molecule has 33 heavy (non-hydrogen) atoms. The molecule has 2 aliphatic rings. The molecule has 0 heterocycles. The molecule has 4 rings (SSSR count). The zero-order valence-electron chi connectivity index (χ0n) is 19.0. The van der Waals surface area contributed by atoms with Gasteiger partial charge in [-0.15, -0.1) is 0 Å². The lowest BCUT2D eigenvalue weighted by atomic mass is 9.98. The van der Waals surface area contributed by atoms with E-state index in [1.165, 1.54) is 4.90 Å². The Morgan fingerprint density at radius 1 is 1.06 bits per heavy atom. The standard InChI is InChI=1S/C26H30N2O5/c1-3-28(14-16(2)25(30)31)24(29)23(17-12-13-17)27-26(32)33-15-22-20-10-6-4-8-18(20)19-9-5-7-11-21(19)22/h4-11,16-17,22-23H,3,12-15H2,1-2H3,(H,27,32)(H,30,31). The number of ether oxygens (including phenoxy) is 1. The Hall–Kier alpha value is -3.35. The van der Waals surface area contributed by atoms with Gasteiger partial charge in [-0.3, -0.25) is 9.59 Å². The number of benzene rings is 2. The molecule has 174 valence electrons. The lowest BCUT2D eigenvalue weighted by molar-refractivity contribution is -0.143. The lowest BCUT2D eigenvalue weighted by Gasteiger charge is -2.28. The van der Waals surface area contributed by atoms with Crippen molar-refractivity contribution in [3.05, 3.63) is 59.7 Å². The van der Waals surface area contributed by atoms with E-state index >= 15 is 0 Å². The monoisotopic (exact) mass is 450 g/mol. The van der Waals surface area contributed by atoms with E-state index in [1.807, 2.05) is 31.2 Å². The minimum absolute atomic E-state index is 0.0539. The van der Waals surface area contributed by atoms with Gasteiger partial charge in [-0.05, 0) is 47.9 Å². The van der Waals surface area contributed by atoms with Gasteiger partial charge in [0.1, 0.15) is 12.6 Å². The summed E-state index contributed by atoms with van der Waals surface area (Å²) >= 11 is 0. The smallest absolute Gasteiger partial charge is 0.407 e. The van der Waals surface area contributed by atoms with Gasteiger partial charge in [0.2, 0.25) is 5.91 Å². The van der Waals surface area contributed by atoms with Crippen LogP contribution < -0.4 is 5.32 Å². The Labute approximate surface area is 193 Å². The molecule has 2 N–H and O–H groups in total. The number of carbonyl (C=O) groups is 3. The molecule has 0 radical (unpaired) electrons. The zero-order valence-corrected chi connectivity index (χ0v) is 19.0. The molecule has 0 aromatic heterocycles. The first-order chi connectivity index (χ1) is 15.9. The number of carboxylic acids is 1. The van der Waals surface area contributed by atoms with Crippen LogP contribution in [0.1, 0.15) is 43.7 Å². The molecule has 2 aliphatic carbocycles. The number of nitrogens with one attached hydrogen (secondary N) is 1. The number of alkyl carbamates (subject to hydrolysis) is 1. The predicted octanol–water partition coefficient (Wildman–Crippen LogP) is 3.87. The van der Waals surface area contributed by atoms with E-state index in [9.17, 15) is 19.5 Å². The summed E-state index contributed by atoms with van der Waals surface area (Å²) < 4.78 is 5.62. The topological polar surface area (TPSA) is 95.9 Å². The van der Waals surface area contributed by atoms with Crippen molar-refractivity contribution < 1.29 is 24.2 Å². The number of hydrogen-bond acceptors (Lipinski definition) is 4. The second-order valence-corrected chi connectivity index (χ2v) is 8.90. The normalized spacial score (nSPS) is 16.3. The van der Waals surface area contributed by atoms with Crippen LogP contribution in [0.15, 0.2) is 48.5 Å². The summed E-state index contributed by atoms with van der Waals surface area (Å²) in [7, 11) is 0. The average molecular weight is 451 g/mol. The molecule has 0 aliphatic heterocycles. The Balaban J connectivity index is 1.41. The van der Waals surface area contributed by atoms with Crippen molar-refractivity contribution >= 4 is 18.0 Å². The van der Waals surface area contributed by atoms with Gasteiger partial charge in [-0.25, -0.2) is 4.79 Å². The number of aliphatic carboxylic acids is 1. The number of nitrogens with zero attached hydrogens (tertiary/aromatic N) is 1. The van der Waals surface area contributed by atoms with Crippen molar-refractivity contribution in [3.8, 4) is 11.1 Å². The van der Waals surface area contributed by atoms with E-state index in [1.54, 1.807) is 6.92 Å². The van der Waals surface area contributed by atoms with E-state index in [0.29, 0.717) is 6.54 Å². The van der Waals surface area contributed by atoms with E-state index < -0.39 is 24.0 Å². The second kappa shape index (κ2) is 9.65. The number of carboxylic acid groups (broad SMARTS) is 1. The number of hydrogen-bond donors (Lipinski definition) is 2. The fourth-order valence-corrected chi connectivity index (χ4v) is 4.56. The third kappa shape index (κ3) is 4.87. The van der Waals surface area contributed by atoms with E-state index in [2.05, 4.69) is 29.6 Å². The number of rotatable bonds is 9. The summed E-state index contributed by atoms with van der Waals surface area (Å²) in [5, 5.41) is 12.0. The molecule has 0 saturated heterocycles. The van der Waals surface area contributed by atoms with Gasteiger partial charge >= 0.3 is 12.1 Å². The molecule has 7 nitrogen and oxygen atoms in total. The summed E-state index contributed by atoms with van der Waals surface area (Å²) in [6.45, 7) is 4.05. The summed E-state index contributed by atoms with van der Waals surface area (Å²) in [5.41, 5.74) is 4.56. The first-order valence-electron chi connectivity index (χ1n) is 11.5. The van der Waals surface area contributed by atoms with Crippen LogP contribution in [-0.4, -0.2) is 53.7 Å².